The number of nitrogens with one attached hydrogen (secondary N) is 1. The van der Waals surface area contributed by atoms with Crippen LogP contribution in [-0.2, 0) is 22.6 Å². The van der Waals surface area contributed by atoms with E-state index in [2.05, 4.69) is 31.3 Å². The summed E-state index contributed by atoms with van der Waals surface area (Å²) in [7, 11) is 0. The molecule has 0 aromatic heterocycles. The van der Waals surface area contributed by atoms with Crippen molar-refractivity contribution >= 4 is 11.8 Å². The molecule has 0 aliphatic heterocycles. The molecule has 2 aromatic rings. The first-order chi connectivity index (χ1) is 13.8. The van der Waals surface area contributed by atoms with Crippen LogP contribution in [0.2, 0.25) is 0 Å². The summed E-state index contributed by atoms with van der Waals surface area (Å²) in [5, 5.41) is 2.96. The first-order valence-electron chi connectivity index (χ1n) is 10.5. The van der Waals surface area contributed by atoms with Crippen molar-refractivity contribution in [1.82, 2.24) is 10.2 Å². The lowest BCUT2D eigenvalue weighted by molar-refractivity contribution is -0.140. The van der Waals surface area contributed by atoms with Gasteiger partial charge in [-0.25, -0.2) is 0 Å². The minimum atomic E-state index is -0.471. The van der Waals surface area contributed by atoms with Crippen LogP contribution in [0.4, 0.5) is 0 Å². The molecule has 0 saturated heterocycles. The summed E-state index contributed by atoms with van der Waals surface area (Å²) >= 11 is 0. The number of carbonyl (C=O) groups is 2. The predicted octanol–water partition coefficient (Wildman–Crippen LogP) is 4.49. The van der Waals surface area contributed by atoms with E-state index < -0.39 is 6.04 Å². The summed E-state index contributed by atoms with van der Waals surface area (Å²) in [6.07, 6.45) is 1.75. The van der Waals surface area contributed by atoms with E-state index in [1.807, 2.05) is 51.1 Å². The molecule has 4 heteroatoms. The van der Waals surface area contributed by atoms with Crippen molar-refractivity contribution in [2.24, 2.45) is 0 Å². The fourth-order valence-corrected chi connectivity index (χ4v) is 3.48. The average molecular weight is 395 g/mol. The molecule has 0 fully saturated rings. The van der Waals surface area contributed by atoms with E-state index in [0.717, 1.165) is 23.1 Å². The Bertz CT molecular complexity index is 844. The SMILES string of the molecule is CCCNC(=O)C(CC)N(Cc1cccc(C)c1)C(=O)Cc1ccc(C)c(C)c1. The van der Waals surface area contributed by atoms with E-state index in [1.165, 1.54) is 11.1 Å². The summed E-state index contributed by atoms with van der Waals surface area (Å²) in [5.74, 6) is -0.0938. The van der Waals surface area contributed by atoms with Crippen molar-refractivity contribution in [1.29, 1.82) is 0 Å². The van der Waals surface area contributed by atoms with Crippen molar-refractivity contribution in [2.45, 2.75) is 66.5 Å². The van der Waals surface area contributed by atoms with E-state index in [1.54, 1.807) is 4.90 Å². The molecular formula is C25H34N2O2. The molecule has 0 radical (unpaired) electrons. The summed E-state index contributed by atoms with van der Waals surface area (Å²) in [6, 6.07) is 13.8. The highest BCUT2D eigenvalue weighted by molar-refractivity contribution is 5.88. The van der Waals surface area contributed by atoms with Crippen LogP contribution in [0.3, 0.4) is 0 Å². The van der Waals surface area contributed by atoms with Crippen LogP contribution in [0.1, 0.15) is 54.5 Å². The number of nitrogens with zero attached hydrogens (tertiary/aromatic N) is 1. The molecule has 4 nitrogen and oxygen atoms in total. The highest BCUT2D eigenvalue weighted by Gasteiger charge is 2.28. The van der Waals surface area contributed by atoms with Gasteiger partial charge in [0.05, 0.1) is 6.42 Å². The van der Waals surface area contributed by atoms with Gasteiger partial charge in [-0.2, -0.15) is 0 Å². The van der Waals surface area contributed by atoms with E-state index in [4.69, 9.17) is 0 Å². The lowest BCUT2D eigenvalue weighted by Crippen LogP contribution is -2.49. The second kappa shape index (κ2) is 10.8. The molecule has 1 atom stereocenters. The third-order valence-corrected chi connectivity index (χ3v) is 5.30. The van der Waals surface area contributed by atoms with Crippen LogP contribution >= 0.6 is 0 Å². The second-order valence-corrected chi connectivity index (χ2v) is 7.82. The number of amides is 2. The van der Waals surface area contributed by atoms with Crippen molar-refractivity contribution in [3.8, 4) is 0 Å². The second-order valence-electron chi connectivity index (χ2n) is 7.82. The van der Waals surface area contributed by atoms with Gasteiger partial charge in [-0.05, 0) is 55.9 Å². The molecule has 2 rings (SSSR count). The topological polar surface area (TPSA) is 49.4 Å². The van der Waals surface area contributed by atoms with Gasteiger partial charge in [0.25, 0.3) is 0 Å². The Morgan fingerprint density at radius 1 is 0.966 bits per heavy atom. The number of aryl methyl sites for hydroxylation is 3. The Balaban J connectivity index is 2.29. The monoisotopic (exact) mass is 394 g/mol. The average Bonchev–Trinajstić information content (AvgIpc) is 2.69. The highest BCUT2D eigenvalue weighted by Crippen LogP contribution is 2.17. The molecule has 2 amide bonds. The third kappa shape index (κ3) is 6.45. The maximum atomic E-state index is 13.3. The molecule has 0 heterocycles. The lowest BCUT2D eigenvalue weighted by atomic mass is 10.0. The van der Waals surface area contributed by atoms with Gasteiger partial charge in [0, 0.05) is 13.1 Å². The Morgan fingerprint density at radius 2 is 1.72 bits per heavy atom. The van der Waals surface area contributed by atoms with E-state index in [-0.39, 0.29) is 11.8 Å². The van der Waals surface area contributed by atoms with Crippen LogP contribution in [-0.4, -0.2) is 29.3 Å². The predicted molar refractivity (Wildman–Crippen MR) is 119 cm³/mol. The molecule has 0 spiro atoms. The van der Waals surface area contributed by atoms with Gasteiger partial charge in [0.15, 0.2) is 0 Å². The Kier molecular flexibility index (Phi) is 8.44. The first-order valence-corrected chi connectivity index (χ1v) is 10.5. The minimum absolute atomic E-state index is 0.0201. The Hall–Kier alpha value is -2.62. The first kappa shape index (κ1) is 22.7. The van der Waals surface area contributed by atoms with Crippen LogP contribution in [0.25, 0.3) is 0 Å². The van der Waals surface area contributed by atoms with Crippen LogP contribution in [0.15, 0.2) is 42.5 Å². The molecule has 0 saturated carbocycles. The fraction of sp³-hybridized carbons (Fsp3) is 0.440. The van der Waals surface area contributed by atoms with Crippen LogP contribution in [0, 0.1) is 20.8 Å². The maximum absolute atomic E-state index is 13.3. The van der Waals surface area contributed by atoms with Gasteiger partial charge in [-0.3, -0.25) is 9.59 Å². The summed E-state index contributed by atoms with van der Waals surface area (Å²) in [6.45, 7) is 11.2. The van der Waals surface area contributed by atoms with Crippen LogP contribution in [0.5, 0.6) is 0 Å². The van der Waals surface area contributed by atoms with Crippen LogP contribution < -0.4 is 5.32 Å². The summed E-state index contributed by atoms with van der Waals surface area (Å²) < 4.78 is 0. The zero-order valence-corrected chi connectivity index (χ0v) is 18.4. The molecular weight excluding hydrogens is 360 g/mol. The lowest BCUT2D eigenvalue weighted by Gasteiger charge is -2.31. The fourth-order valence-electron chi connectivity index (χ4n) is 3.48. The minimum Gasteiger partial charge on any atom is -0.354 e. The van der Waals surface area contributed by atoms with Crippen molar-refractivity contribution < 1.29 is 9.59 Å². The number of benzene rings is 2. The molecule has 1 unspecified atom stereocenters. The number of hydrogen-bond donors (Lipinski definition) is 1. The largest absolute Gasteiger partial charge is 0.354 e. The third-order valence-electron chi connectivity index (χ3n) is 5.30. The molecule has 2 aromatic carbocycles. The van der Waals surface area contributed by atoms with Crippen molar-refractivity contribution in [2.75, 3.05) is 6.54 Å². The van der Waals surface area contributed by atoms with Gasteiger partial charge in [-0.1, -0.05) is 61.9 Å². The Labute approximate surface area is 175 Å². The highest BCUT2D eigenvalue weighted by atomic mass is 16.2. The van der Waals surface area contributed by atoms with Crippen molar-refractivity contribution in [3.63, 3.8) is 0 Å². The zero-order chi connectivity index (χ0) is 21.4. The van der Waals surface area contributed by atoms with E-state index in [0.29, 0.717) is 25.9 Å². The number of carbonyl (C=O) groups excluding carboxylic acids is 2. The Morgan fingerprint density at radius 3 is 2.34 bits per heavy atom. The maximum Gasteiger partial charge on any atom is 0.242 e. The van der Waals surface area contributed by atoms with E-state index >= 15 is 0 Å². The van der Waals surface area contributed by atoms with E-state index in [9.17, 15) is 9.59 Å². The van der Waals surface area contributed by atoms with Gasteiger partial charge >= 0.3 is 0 Å². The molecule has 0 aliphatic carbocycles. The standard InChI is InChI=1S/C25H34N2O2/c1-6-13-26-25(29)23(7-2)27(17-22-10-8-9-18(3)14-22)24(28)16-21-12-11-19(4)20(5)15-21/h8-12,14-15,23H,6-7,13,16-17H2,1-5H3,(H,26,29). The van der Waals surface area contributed by atoms with Gasteiger partial charge in [0.1, 0.15) is 6.04 Å². The number of rotatable bonds is 9. The summed E-state index contributed by atoms with van der Waals surface area (Å²) in [5.41, 5.74) is 5.56. The molecule has 0 bridgehead atoms. The normalized spacial score (nSPS) is 11.8. The molecule has 0 aliphatic rings. The molecule has 156 valence electrons. The zero-order valence-electron chi connectivity index (χ0n) is 18.4. The number of hydrogen-bond acceptors (Lipinski definition) is 2. The van der Waals surface area contributed by atoms with Gasteiger partial charge in [0.2, 0.25) is 11.8 Å². The quantitative estimate of drug-likeness (QED) is 0.681. The molecule has 29 heavy (non-hydrogen) atoms. The smallest absolute Gasteiger partial charge is 0.242 e. The summed E-state index contributed by atoms with van der Waals surface area (Å²) in [4.78, 5) is 27.9. The van der Waals surface area contributed by atoms with Gasteiger partial charge in [-0.15, -0.1) is 0 Å². The van der Waals surface area contributed by atoms with Crippen molar-refractivity contribution in [3.05, 3.63) is 70.3 Å². The molecule has 1 N–H and O–H groups in total. The van der Waals surface area contributed by atoms with Gasteiger partial charge < -0.3 is 10.2 Å².